The lowest BCUT2D eigenvalue weighted by molar-refractivity contribution is 0.0972. The average molecular weight is 576 g/mol. The van der Waals surface area contributed by atoms with Gasteiger partial charge in [0, 0.05) is 84.9 Å². The Bertz CT molecular complexity index is 1490. The molecule has 3 aromatic carbocycles. The molecule has 0 amide bonds. The SMILES string of the molecule is COc1ccc2nc3cc(Cl)ccc3c(Nc3ccc(O)c(CN4CCN(CCN(C(C)C)C(C)C)CC4)c3)c2c1. The summed E-state index contributed by atoms with van der Waals surface area (Å²) in [6.07, 6.45) is 0. The molecule has 0 saturated carbocycles. The lowest BCUT2D eigenvalue weighted by Gasteiger charge is -2.37. The van der Waals surface area contributed by atoms with Gasteiger partial charge in [0.05, 0.1) is 23.8 Å². The van der Waals surface area contributed by atoms with Gasteiger partial charge in [0.2, 0.25) is 0 Å². The first kappa shape index (κ1) is 29.4. The Hall–Kier alpha value is -3.10. The number of piperazine rings is 1. The highest BCUT2D eigenvalue weighted by molar-refractivity contribution is 6.31. The first-order valence-electron chi connectivity index (χ1n) is 14.6. The number of methoxy groups -OCH3 is 1. The van der Waals surface area contributed by atoms with E-state index in [4.69, 9.17) is 21.3 Å². The maximum absolute atomic E-state index is 10.8. The Morgan fingerprint density at radius 2 is 1.63 bits per heavy atom. The van der Waals surface area contributed by atoms with Crippen LogP contribution in [0, 0.1) is 0 Å². The van der Waals surface area contributed by atoms with Crippen molar-refractivity contribution in [1.82, 2.24) is 19.7 Å². The third-order valence-electron chi connectivity index (χ3n) is 8.15. The number of hydrogen-bond donors (Lipinski definition) is 2. The molecule has 1 aliphatic heterocycles. The quantitative estimate of drug-likeness (QED) is 0.160. The van der Waals surface area contributed by atoms with Gasteiger partial charge in [0.15, 0.2) is 0 Å². The summed E-state index contributed by atoms with van der Waals surface area (Å²) in [5.41, 5.74) is 4.43. The number of ether oxygens (including phenoxy) is 1. The average Bonchev–Trinajstić information content (AvgIpc) is 2.95. The fourth-order valence-electron chi connectivity index (χ4n) is 5.87. The highest BCUT2D eigenvalue weighted by Crippen LogP contribution is 2.37. The van der Waals surface area contributed by atoms with E-state index in [1.54, 1.807) is 13.2 Å². The molecule has 0 unspecified atom stereocenters. The van der Waals surface area contributed by atoms with E-state index < -0.39 is 0 Å². The number of halogens is 1. The highest BCUT2D eigenvalue weighted by Gasteiger charge is 2.21. The minimum Gasteiger partial charge on any atom is -0.508 e. The molecule has 41 heavy (non-hydrogen) atoms. The Balaban J connectivity index is 1.32. The molecule has 0 bridgehead atoms. The molecule has 8 heteroatoms. The van der Waals surface area contributed by atoms with E-state index in [0.717, 1.165) is 83.8 Å². The van der Waals surface area contributed by atoms with Gasteiger partial charge in [-0.25, -0.2) is 4.98 Å². The minimum absolute atomic E-state index is 0.320. The summed E-state index contributed by atoms with van der Waals surface area (Å²) in [6, 6.07) is 18.5. The van der Waals surface area contributed by atoms with Crippen molar-refractivity contribution in [1.29, 1.82) is 0 Å². The molecule has 5 rings (SSSR count). The number of phenols is 1. The first-order valence-corrected chi connectivity index (χ1v) is 15.0. The summed E-state index contributed by atoms with van der Waals surface area (Å²) in [5.74, 6) is 1.09. The van der Waals surface area contributed by atoms with Gasteiger partial charge in [-0.05, 0) is 82.3 Å². The molecule has 218 valence electrons. The van der Waals surface area contributed by atoms with Crippen LogP contribution >= 0.6 is 11.6 Å². The van der Waals surface area contributed by atoms with Crippen molar-refractivity contribution in [2.75, 3.05) is 51.7 Å². The second-order valence-electron chi connectivity index (χ2n) is 11.5. The summed E-state index contributed by atoms with van der Waals surface area (Å²) < 4.78 is 5.51. The number of fused-ring (bicyclic) bond motifs is 2. The molecule has 1 saturated heterocycles. The van der Waals surface area contributed by atoms with Crippen molar-refractivity contribution in [2.45, 2.75) is 46.3 Å². The summed E-state index contributed by atoms with van der Waals surface area (Å²) in [6.45, 7) is 16.1. The van der Waals surface area contributed by atoms with Crippen molar-refractivity contribution in [2.24, 2.45) is 0 Å². The Kier molecular flexibility index (Phi) is 9.19. The number of rotatable bonds is 10. The van der Waals surface area contributed by atoms with Gasteiger partial charge >= 0.3 is 0 Å². The van der Waals surface area contributed by atoms with E-state index in [9.17, 15) is 5.11 Å². The summed E-state index contributed by atoms with van der Waals surface area (Å²) in [5, 5.41) is 17.0. The van der Waals surface area contributed by atoms with Gasteiger partial charge in [-0.15, -0.1) is 0 Å². The van der Waals surface area contributed by atoms with Gasteiger partial charge in [-0.1, -0.05) is 11.6 Å². The smallest absolute Gasteiger partial charge is 0.120 e. The molecule has 1 aromatic heterocycles. The number of phenolic OH excluding ortho intramolecular Hbond substituents is 1. The molecule has 1 aliphatic rings. The van der Waals surface area contributed by atoms with Crippen LogP contribution in [0.1, 0.15) is 33.3 Å². The number of aromatic hydroxyl groups is 1. The van der Waals surface area contributed by atoms with E-state index >= 15 is 0 Å². The molecule has 0 atom stereocenters. The zero-order valence-electron chi connectivity index (χ0n) is 24.8. The van der Waals surface area contributed by atoms with Gasteiger partial charge in [-0.2, -0.15) is 0 Å². The lowest BCUT2D eigenvalue weighted by atomic mass is 10.1. The summed E-state index contributed by atoms with van der Waals surface area (Å²) >= 11 is 6.31. The summed E-state index contributed by atoms with van der Waals surface area (Å²) in [4.78, 5) is 12.4. The molecule has 2 heterocycles. The van der Waals surface area contributed by atoms with Crippen LogP contribution in [-0.4, -0.2) is 83.3 Å². The van der Waals surface area contributed by atoms with E-state index in [1.807, 2.05) is 42.5 Å². The number of benzene rings is 3. The van der Waals surface area contributed by atoms with Crippen molar-refractivity contribution >= 4 is 44.8 Å². The van der Waals surface area contributed by atoms with Crippen molar-refractivity contribution in [3.8, 4) is 11.5 Å². The second-order valence-corrected chi connectivity index (χ2v) is 12.0. The molecular formula is C33H42ClN5O2. The number of nitrogens with zero attached hydrogens (tertiary/aromatic N) is 4. The van der Waals surface area contributed by atoms with Gasteiger partial charge in [0.1, 0.15) is 11.5 Å². The maximum atomic E-state index is 10.8. The first-order chi connectivity index (χ1) is 19.7. The van der Waals surface area contributed by atoms with Gasteiger partial charge in [-0.3, -0.25) is 14.7 Å². The van der Waals surface area contributed by atoms with Crippen molar-refractivity contribution in [3.63, 3.8) is 0 Å². The third-order valence-corrected chi connectivity index (χ3v) is 8.39. The van der Waals surface area contributed by atoms with E-state index in [0.29, 0.717) is 29.4 Å². The Labute approximate surface area is 248 Å². The lowest BCUT2D eigenvalue weighted by Crippen LogP contribution is -2.49. The van der Waals surface area contributed by atoms with Crippen LogP contribution in [0.2, 0.25) is 5.02 Å². The standard InChI is InChI=1S/C33H42ClN5O2/c1-22(2)39(23(3)4)17-16-37-12-14-38(15-13-37)21-24-18-26(7-11-32(24)40)35-33-28-9-6-25(34)19-31(28)36-30-10-8-27(41-5)20-29(30)33/h6-11,18-20,22-23,40H,12-17,21H2,1-5H3,(H,35,36). The van der Waals surface area contributed by atoms with Crippen molar-refractivity contribution in [3.05, 3.63) is 65.2 Å². The van der Waals surface area contributed by atoms with Gasteiger partial charge < -0.3 is 15.2 Å². The van der Waals surface area contributed by atoms with Crippen LogP contribution in [0.25, 0.3) is 21.8 Å². The molecule has 4 aromatic rings. The number of anilines is 2. The van der Waals surface area contributed by atoms with E-state index in [1.165, 1.54) is 0 Å². The molecule has 0 aliphatic carbocycles. The number of hydrogen-bond acceptors (Lipinski definition) is 7. The zero-order chi connectivity index (χ0) is 29.1. The maximum Gasteiger partial charge on any atom is 0.120 e. The molecule has 2 N–H and O–H groups in total. The number of aromatic nitrogens is 1. The fourth-order valence-corrected chi connectivity index (χ4v) is 6.04. The third kappa shape index (κ3) is 6.87. The fraction of sp³-hybridized carbons (Fsp3) is 0.424. The number of pyridine rings is 1. The van der Waals surface area contributed by atoms with Crippen LogP contribution in [0.4, 0.5) is 11.4 Å². The van der Waals surface area contributed by atoms with Crippen LogP contribution < -0.4 is 10.1 Å². The number of nitrogens with one attached hydrogen (secondary N) is 1. The van der Waals surface area contributed by atoms with Crippen LogP contribution in [0.5, 0.6) is 11.5 Å². The Morgan fingerprint density at radius 3 is 2.34 bits per heavy atom. The highest BCUT2D eigenvalue weighted by atomic mass is 35.5. The van der Waals surface area contributed by atoms with Gasteiger partial charge in [0.25, 0.3) is 0 Å². The monoisotopic (exact) mass is 575 g/mol. The second kappa shape index (κ2) is 12.8. The molecule has 1 fully saturated rings. The Morgan fingerprint density at radius 1 is 0.902 bits per heavy atom. The van der Waals surface area contributed by atoms with Crippen LogP contribution in [0.15, 0.2) is 54.6 Å². The van der Waals surface area contributed by atoms with E-state index in [-0.39, 0.29) is 0 Å². The summed E-state index contributed by atoms with van der Waals surface area (Å²) in [7, 11) is 1.67. The van der Waals surface area contributed by atoms with Crippen molar-refractivity contribution < 1.29 is 9.84 Å². The predicted molar refractivity (Wildman–Crippen MR) is 171 cm³/mol. The molecule has 7 nitrogen and oxygen atoms in total. The van der Waals surface area contributed by atoms with Crippen LogP contribution in [-0.2, 0) is 6.54 Å². The minimum atomic E-state index is 0.320. The van der Waals surface area contributed by atoms with Crippen LogP contribution in [0.3, 0.4) is 0 Å². The molecule has 0 spiro atoms. The molecule has 0 radical (unpaired) electrons. The predicted octanol–water partition coefficient (Wildman–Crippen LogP) is 6.74. The molecular weight excluding hydrogens is 534 g/mol. The topological polar surface area (TPSA) is 64.1 Å². The largest absolute Gasteiger partial charge is 0.508 e. The van der Waals surface area contributed by atoms with E-state index in [2.05, 4.69) is 53.8 Å². The normalized spacial score (nSPS) is 15.0. The zero-order valence-corrected chi connectivity index (χ0v) is 25.6.